The van der Waals surface area contributed by atoms with Crippen molar-refractivity contribution in [3.63, 3.8) is 0 Å². The normalized spacial score (nSPS) is 17.8. The summed E-state index contributed by atoms with van der Waals surface area (Å²) in [5.41, 5.74) is 0.485. The Morgan fingerprint density at radius 2 is 2.10 bits per heavy atom. The second-order valence-corrected chi connectivity index (χ2v) is 6.98. The largest absolute Gasteiger partial charge is 0.476 e. The lowest BCUT2D eigenvalue weighted by atomic mass is 10.2. The number of fused-ring (bicyclic) bond motifs is 1. The molecule has 0 fully saturated rings. The Bertz CT molecular complexity index is 615. The van der Waals surface area contributed by atoms with Crippen LogP contribution in [0.4, 0.5) is 5.69 Å². The number of ether oxygens (including phenoxy) is 1. The fourth-order valence-electron chi connectivity index (χ4n) is 2.12. The van der Waals surface area contributed by atoms with Gasteiger partial charge in [0.25, 0.3) is 5.91 Å². The van der Waals surface area contributed by atoms with E-state index in [-0.39, 0.29) is 18.2 Å². The summed E-state index contributed by atoms with van der Waals surface area (Å²) in [6, 6.07) is 6.86. The first-order valence-corrected chi connectivity index (χ1v) is 8.64. The molecule has 1 heterocycles. The average molecular weight is 312 g/mol. The number of sulfonamides is 1. The molecule has 1 aliphatic heterocycles. The number of carbonyl (C=O) groups excluding carboxylic acids is 1. The zero-order valence-electron chi connectivity index (χ0n) is 12.2. The Labute approximate surface area is 125 Å². The average Bonchev–Trinajstić information content (AvgIpc) is 2.51. The van der Waals surface area contributed by atoms with Gasteiger partial charge in [0.05, 0.1) is 18.0 Å². The lowest BCUT2D eigenvalue weighted by Gasteiger charge is -2.34. The molecule has 0 saturated carbocycles. The number of hydrogen-bond acceptors (Lipinski definition) is 4. The van der Waals surface area contributed by atoms with Crippen molar-refractivity contribution >= 4 is 21.6 Å². The van der Waals surface area contributed by atoms with Crippen LogP contribution in [0.5, 0.6) is 5.75 Å². The van der Waals surface area contributed by atoms with Gasteiger partial charge in [-0.3, -0.25) is 9.10 Å². The van der Waals surface area contributed by atoms with E-state index in [4.69, 9.17) is 4.74 Å². The predicted molar refractivity (Wildman–Crippen MR) is 81.0 cm³/mol. The first-order valence-electron chi connectivity index (χ1n) is 7.03. The highest BCUT2D eigenvalue weighted by Gasteiger charge is 2.35. The molecule has 0 bridgehead atoms. The third-order valence-electron chi connectivity index (χ3n) is 3.28. The van der Waals surface area contributed by atoms with Gasteiger partial charge in [-0.15, -0.1) is 0 Å². The zero-order valence-corrected chi connectivity index (χ0v) is 13.0. The standard InChI is InChI=1S/C14H20N2O4S/c1-3-9-15-14(17)13-10-16(21(18,19)4-2)11-7-5-6-8-12(11)20-13/h5-8,13H,3-4,9-10H2,1-2H3,(H,15,17)/t13-/m1/s1. The zero-order chi connectivity index (χ0) is 15.5. The topological polar surface area (TPSA) is 75.7 Å². The second kappa shape index (κ2) is 6.34. The van der Waals surface area contributed by atoms with E-state index in [1.165, 1.54) is 4.31 Å². The van der Waals surface area contributed by atoms with Gasteiger partial charge in [0.15, 0.2) is 6.10 Å². The van der Waals surface area contributed by atoms with E-state index in [1.54, 1.807) is 31.2 Å². The molecule has 116 valence electrons. The van der Waals surface area contributed by atoms with Crippen molar-refractivity contribution in [1.29, 1.82) is 0 Å². The van der Waals surface area contributed by atoms with Crippen molar-refractivity contribution in [2.75, 3.05) is 23.1 Å². The number of nitrogens with zero attached hydrogens (tertiary/aromatic N) is 1. The molecule has 1 N–H and O–H groups in total. The van der Waals surface area contributed by atoms with Crippen LogP contribution in [-0.4, -0.2) is 39.3 Å². The third kappa shape index (κ3) is 3.29. The molecule has 1 aromatic carbocycles. The van der Waals surface area contributed by atoms with E-state index in [0.29, 0.717) is 18.0 Å². The molecule has 1 aliphatic rings. The van der Waals surface area contributed by atoms with Crippen molar-refractivity contribution in [2.24, 2.45) is 0 Å². The SMILES string of the molecule is CCCNC(=O)[C@H]1CN(S(=O)(=O)CC)c2ccccc2O1. The number of benzene rings is 1. The summed E-state index contributed by atoms with van der Waals surface area (Å²) in [5, 5.41) is 2.74. The number of amides is 1. The van der Waals surface area contributed by atoms with Gasteiger partial charge in [0.1, 0.15) is 5.75 Å². The van der Waals surface area contributed by atoms with Crippen LogP contribution in [0.2, 0.25) is 0 Å². The molecule has 0 unspecified atom stereocenters. The van der Waals surface area contributed by atoms with E-state index >= 15 is 0 Å². The van der Waals surface area contributed by atoms with E-state index in [1.807, 2.05) is 6.92 Å². The molecule has 0 aliphatic carbocycles. The first-order chi connectivity index (χ1) is 9.99. The van der Waals surface area contributed by atoms with Gasteiger partial charge in [-0.05, 0) is 25.5 Å². The highest BCUT2D eigenvalue weighted by Crippen LogP contribution is 2.34. The van der Waals surface area contributed by atoms with Gasteiger partial charge in [-0.2, -0.15) is 0 Å². The van der Waals surface area contributed by atoms with Gasteiger partial charge in [-0.25, -0.2) is 8.42 Å². The minimum absolute atomic E-state index is 0.00271. The molecule has 0 radical (unpaired) electrons. The summed E-state index contributed by atoms with van der Waals surface area (Å²) in [6.07, 6.45) is -0.0146. The summed E-state index contributed by atoms with van der Waals surface area (Å²) in [7, 11) is -3.45. The van der Waals surface area contributed by atoms with Crippen LogP contribution in [0, 0.1) is 0 Å². The number of nitrogens with one attached hydrogen (secondary N) is 1. The van der Waals surface area contributed by atoms with Gasteiger partial charge in [0.2, 0.25) is 10.0 Å². The lowest BCUT2D eigenvalue weighted by molar-refractivity contribution is -0.127. The number of hydrogen-bond donors (Lipinski definition) is 1. The Hall–Kier alpha value is -1.76. The molecule has 0 saturated heterocycles. The van der Waals surface area contributed by atoms with Crippen molar-refractivity contribution in [3.8, 4) is 5.75 Å². The summed E-state index contributed by atoms with van der Waals surface area (Å²) in [4.78, 5) is 12.1. The number of carbonyl (C=O) groups is 1. The smallest absolute Gasteiger partial charge is 0.263 e. The highest BCUT2D eigenvalue weighted by molar-refractivity contribution is 7.92. The Morgan fingerprint density at radius 1 is 1.38 bits per heavy atom. The molecule has 1 amide bonds. The minimum Gasteiger partial charge on any atom is -0.476 e. The van der Waals surface area contributed by atoms with Crippen molar-refractivity contribution in [1.82, 2.24) is 5.32 Å². The van der Waals surface area contributed by atoms with Crippen LogP contribution in [0.15, 0.2) is 24.3 Å². The summed E-state index contributed by atoms with van der Waals surface area (Å²) < 4.78 is 31.4. The monoisotopic (exact) mass is 312 g/mol. The van der Waals surface area contributed by atoms with E-state index in [9.17, 15) is 13.2 Å². The maximum Gasteiger partial charge on any atom is 0.263 e. The van der Waals surface area contributed by atoms with Crippen molar-refractivity contribution in [2.45, 2.75) is 26.4 Å². The first kappa shape index (κ1) is 15.6. The fourth-order valence-corrected chi connectivity index (χ4v) is 3.24. The second-order valence-electron chi connectivity index (χ2n) is 4.80. The van der Waals surface area contributed by atoms with Gasteiger partial charge in [0, 0.05) is 6.54 Å². The van der Waals surface area contributed by atoms with Crippen LogP contribution in [-0.2, 0) is 14.8 Å². The molecular formula is C14H20N2O4S. The highest BCUT2D eigenvalue weighted by atomic mass is 32.2. The summed E-state index contributed by atoms with van der Waals surface area (Å²) in [5.74, 6) is 0.102. The predicted octanol–water partition coefficient (Wildman–Crippen LogP) is 1.13. The Morgan fingerprint density at radius 3 is 2.76 bits per heavy atom. The maximum atomic E-state index is 12.2. The van der Waals surface area contributed by atoms with Crippen LogP contribution in [0.1, 0.15) is 20.3 Å². The molecule has 2 rings (SSSR count). The summed E-state index contributed by atoms with van der Waals surface area (Å²) in [6.45, 7) is 4.08. The fraction of sp³-hybridized carbons (Fsp3) is 0.500. The Balaban J connectivity index is 2.31. The Kier molecular flexibility index (Phi) is 4.72. The molecule has 1 aromatic rings. The van der Waals surface area contributed by atoms with E-state index in [2.05, 4.69) is 5.32 Å². The molecular weight excluding hydrogens is 292 g/mol. The lowest BCUT2D eigenvalue weighted by Crippen LogP contribution is -2.51. The molecule has 7 heteroatoms. The number of anilines is 1. The minimum atomic E-state index is -3.45. The van der Waals surface area contributed by atoms with Gasteiger partial charge in [-0.1, -0.05) is 19.1 Å². The maximum absolute atomic E-state index is 12.2. The van der Waals surface area contributed by atoms with Gasteiger partial charge >= 0.3 is 0 Å². The van der Waals surface area contributed by atoms with Crippen molar-refractivity contribution in [3.05, 3.63) is 24.3 Å². The van der Waals surface area contributed by atoms with Crippen LogP contribution in [0.25, 0.3) is 0 Å². The molecule has 21 heavy (non-hydrogen) atoms. The van der Waals surface area contributed by atoms with Gasteiger partial charge < -0.3 is 10.1 Å². The summed E-state index contributed by atoms with van der Waals surface area (Å²) >= 11 is 0. The quantitative estimate of drug-likeness (QED) is 0.884. The molecule has 6 nitrogen and oxygen atoms in total. The number of rotatable bonds is 5. The van der Waals surface area contributed by atoms with E-state index in [0.717, 1.165) is 6.42 Å². The van der Waals surface area contributed by atoms with Crippen LogP contribution in [0.3, 0.4) is 0 Å². The number of para-hydroxylation sites is 2. The van der Waals surface area contributed by atoms with E-state index < -0.39 is 16.1 Å². The third-order valence-corrected chi connectivity index (χ3v) is 5.02. The van der Waals surface area contributed by atoms with Crippen LogP contribution < -0.4 is 14.4 Å². The molecule has 0 aromatic heterocycles. The molecule has 1 atom stereocenters. The van der Waals surface area contributed by atoms with Crippen molar-refractivity contribution < 1.29 is 17.9 Å². The van der Waals surface area contributed by atoms with Crippen LogP contribution >= 0.6 is 0 Å². The molecule has 0 spiro atoms.